The number of rotatable bonds is 11. The van der Waals surface area contributed by atoms with E-state index in [1.165, 1.54) is 4.57 Å². The Bertz CT molecular complexity index is 1370. The first-order chi connectivity index (χ1) is 17.7. The zero-order chi connectivity index (χ0) is 26.9. The van der Waals surface area contributed by atoms with E-state index in [0.29, 0.717) is 17.2 Å². The molecule has 196 valence electrons. The summed E-state index contributed by atoms with van der Waals surface area (Å²) in [6.45, 7) is 3.38. The zero-order valence-corrected chi connectivity index (χ0v) is 21.4. The van der Waals surface area contributed by atoms with Gasteiger partial charge in [-0.25, -0.2) is 4.79 Å². The molecule has 11 heteroatoms. The molecule has 0 bridgehead atoms. The average molecular weight is 529 g/mol. The SMILES string of the molecule is CCN(C(=O)COC(=O)CCCOc1ccc(Cl)cc1C)c1c(N)n(Cc2ccccc2)c(=O)[nH]c1=O. The van der Waals surface area contributed by atoms with E-state index in [4.69, 9.17) is 26.8 Å². The van der Waals surface area contributed by atoms with E-state index >= 15 is 0 Å². The number of likely N-dealkylation sites (N-methyl/N-ethyl adjacent to an activating group) is 1. The van der Waals surface area contributed by atoms with E-state index in [2.05, 4.69) is 4.98 Å². The number of benzene rings is 2. The number of esters is 1. The summed E-state index contributed by atoms with van der Waals surface area (Å²) in [7, 11) is 0. The maximum Gasteiger partial charge on any atom is 0.330 e. The fourth-order valence-electron chi connectivity index (χ4n) is 3.69. The first-order valence-corrected chi connectivity index (χ1v) is 12.1. The second kappa shape index (κ2) is 12.8. The topological polar surface area (TPSA) is 137 Å². The average Bonchev–Trinajstić information content (AvgIpc) is 2.87. The van der Waals surface area contributed by atoms with Crippen molar-refractivity contribution in [3.05, 3.63) is 85.5 Å². The van der Waals surface area contributed by atoms with Gasteiger partial charge in [0.25, 0.3) is 11.5 Å². The van der Waals surface area contributed by atoms with Crippen LogP contribution in [-0.2, 0) is 20.9 Å². The van der Waals surface area contributed by atoms with Crippen molar-refractivity contribution < 1.29 is 19.1 Å². The van der Waals surface area contributed by atoms with Gasteiger partial charge in [0, 0.05) is 18.0 Å². The number of aromatic nitrogens is 2. The highest BCUT2D eigenvalue weighted by molar-refractivity contribution is 6.30. The molecule has 0 aliphatic carbocycles. The monoisotopic (exact) mass is 528 g/mol. The van der Waals surface area contributed by atoms with Crippen molar-refractivity contribution >= 4 is 35.0 Å². The number of nitrogen functional groups attached to an aromatic ring is 1. The third-order valence-corrected chi connectivity index (χ3v) is 5.80. The van der Waals surface area contributed by atoms with Crippen molar-refractivity contribution in [3.8, 4) is 5.75 Å². The molecule has 3 N–H and O–H groups in total. The summed E-state index contributed by atoms with van der Waals surface area (Å²) in [6.07, 6.45) is 0.417. The van der Waals surface area contributed by atoms with Gasteiger partial charge in [-0.1, -0.05) is 41.9 Å². The fourth-order valence-corrected chi connectivity index (χ4v) is 3.91. The lowest BCUT2D eigenvalue weighted by atomic mass is 10.2. The Labute approximate surface area is 218 Å². The minimum atomic E-state index is -0.803. The highest BCUT2D eigenvalue weighted by Gasteiger charge is 2.24. The van der Waals surface area contributed by atoms with Crippen LogP contribution in [-0.4, -0.2) is 41.2 Å². The Morgan fingerprint density at radius 2 is 1.86 bits per heavy atom. The fraction of sp³-hybridized carbons (Fsp3) is 0.308. The molecule has 0 aliphatic rings. The summed E-state index contributed by atoms with van der Waals surface area (Å²) in [5, 5.41) is 0.609. The van der Waals surface area contributed by atoms with Crippen LogP contribution in [0.25, 0.3) is 0 Å². The largest absolute Gasteiger partial charge is 0.493 e. The quantitative estimate of drug-likeness (QED) is 0.288. The maximum atomic E-state index is 12.8. The Kier molecular flexibility index (Phi) is 9.51. The van der Waals surface area contributed by atoms with Gasteiger partial charge in [-0.3, -0.25) is 23.9 Å². The molecule has 3 rings (SSSR count). The predicted octanol–water partition coefficient (Wildman–Crippen LogP) is 2.88. The normalized spacial score (nSPS) is 10.7. The number of nitrogens with two attached hydrogens (primary N) is 1. The molecule has 1 heterocycles. The van der Waals surface area contributed by atoms with Crippen molar-refractivity contribution in [3.63, 3.8) is 0 Å². The summed E-state index contributed by atoms with van der Waals surface area (Å²) < 4.78 is 11.9. The second-order valence-corrected chi connectivity index (χ2v) is 8.66. The molecule has 37 heavy (non-hydrogen) atoms. The molecule has 2 aromatic carbocycles. The summed E-state index contributed by atoms with van der Waals surface area (Å²) in [4.78, 5) is 53.3. The molecular weight excluding hydrogens is 500 g/mol. The predicted molar refractivity (Wildman–Crippen MR) is 141 cm³/mol. The van der Waals surface area contributed by atoms with Crippen LogP contribution in [0.4, 0.5) is 11.5 Å². The number of amides is 1. The highest BCUT2D eigenvalue weighted by atomic mass is 35.5. The number of aromatic amines is 1. The van der Waals surface area contributed by atoms with Crippen LogP contribution in [0.3, 0.4) is 0 Å². The van der Waals surface area contributed by atoms with Crippen LogP contribution in [0.5, 0.6) is 5.75 Å². The molecule has 0 spiro atoms. The summed E-state index contributed by atoms with van der Waals surface area (Å²) in [6, 6.07) is 14.3. The van der Waals surface area contributed by atoms with Crippen LogP contribution < -0.4 is 26.6 Å². The van der Waals surface area contributed by atoms with Gasteiger partial charge in [-0.15, -0.1) is 0 Å². The first kappa shape index (κ1) is 27.5. The summed E-state index contributed by atoms with van der Waals surface area (Å²) >= 11 is 5.93. The van der Waals surface area contributed by atoms with Crippen LogP contribution >= 0.6 is 11.6 Å². The minimum absolute atomic E-state index is 0.0384. The molecule has 10 nitrogen and oxygen atoms in total. The van der Waals surface area contributed by atoms with Gasteiger partial charge in [-0.05, 0) is 49.6 Å². The van der Waals surface area contributed by atoms with Crippen molar-refractivity contribution in [1.29, 1.82) is 0 Å². The Hall–Kier alpha value is -4.05. The summed E-state index contributed by atoms with van der Waals surface area (Å²) in [5.41, 5.74) is 6.16. The molecular formula is C26H29ClN4O6. The number of nitrogens with one attached hydrogen (secondary N) is 1. The van der Waals surface area contributed by atoms with Crippen LogP contribution in [0, 0.1) is 6.92 Å². The number of aryl methyl sites for hydroxylation is 1. The van der Waals surface area contributed by atoms with Crippen molar-refractivity contribution in [2.45, 2.75) is 33.2 Å². The second-order valence-electron chi connectivity index (χ2n) is 8.23. The third-order valence-electron chi connectivity index (χ3n) is 5.56. The van der Waals surface area contributed by atoms with Gasteiger partial charge in [0.1, 0.15) is 11.6 Å². The number of halogens is 1. The van der Waals surface area contributed by atoms with Gasteiger partial charge < -0.3 is 20.1 Å². The van der Waals surface area contributed by atoms with Crippen LogP contribution in [0.1, 0.15) is 30.9 Å². The molecule has 0 fully saturated rings. The molecule has 0 unspecified atom stereocenters. The molecule has 0 radical (unpaired) electrons. The minimum Gasteiger partial charge on any atom is -0.493 e. The summed E-state index contributed by atoms with van der Waals surface area (Å²) in [5.74, 6) is -0.723. The van der Waals surface area contributed by atoms with E-state index in [0.717, 1.165) is 16.0 Å². The lowest BCUT2D eigenvalue weighted by Crippen LogP contribution is -2.42. The van der Waals surface area contributed by atoms with Crippen molar-refractivity contribution in [1.82, 2.24) is 9.55 Å². The third kappa shape index (κ3) is 7.23. The number of carbonyl (C=O) groups is 2. The smallest absolute Gasteiger partial charge is 0.330 e. The van der Waals surface area contributed by atoms with E-state index in [9.17, 15) is 19.2 Å². The molecule has 0 saturated carbocycles. The number of H-pyrrole nitrogens is 1. The molecule has 3 aromatic rings. The number of nitrogens with zero attached hydrogens (tertiary/aromatic N) is 2. The number of ether oxygens (including phenoxy) is 2. The van der Waals surface area contributed by atoms with E-state index in [1.807, 2.05) is 25.1 Å². The number of hydrogen-bond acceptors (Lipinski definition) is 7. The molecule has 1 amide bonds. The van der Waals surface area contributed by atoms with E-state index in [-0.39, 0.29) is 37.6 Å². The van der Waals surface area contributed by atoms with Gasteiger partial charge in [-0.2, -0.15) is 0 Å². The van der Waals surface area contributed by atoms with E-state index < -0.39 is 29.7 Å². The zero-order valence-electron chi connectivity index (χ0n) is 20.7. The Morgan fingerprint density at radius 1 is 1.14 bits per heavy atom. The molecule has 1 aromatic heterocycles. The number of carbonyl (C=O) groups excluding carboxylic acids is 2. The van der Waals surface area contributed by atoms with Crippen LogP contribution in [0.15, 0.2) is 58.1 Å². The van der Waals surface area contributed by atoms with Gasteiger partial charge >= 0.3 is 11.7 Å². The number of anilines is 2. The lowest BCUT2D eigenvalue weighted by molar-refractivity contribution is -0.148. The lowest BCUT2D eigenvalue weighted by Gasteiger charge is -2.23. The first-order valence-electron chi connectivity index (χ1n) is 11.7. The molecule has 0 aliphatic heterocycles. The van der Waals surface area contributed by atoms with Gasteiger partial charge in [0.2, 0.25) is 0 Å². The Morgan fingerprint density at radius 3 is 2.54 bits per heavy atom. The maximum absolute atomic E-state index is 12.8. The van der Waals surface area contributed by atoms with Gasteiger partial charge in [0.05, 0.1) is 13.2 Å². The molecule has 0 atom stereocenters. The standard InChI is InChI=1S/C26H29ClN4O6/c1-3-30(23-24(28)31(26(35)29-25(23)34)15-18-8-5-4-6-9-18)21(32)16-37-22(33)10-7-13-36-20-12-11-19(27)14-17(20)2/h4-6,8-9,11-12,14H,3,7,10,13,15-16,28H2,1-2H3,(H,29,34,35). The molecule has 0 saturated heterocycles. The van der Waals surface area contributed by atoms with Crippen molar-refractivity contribution in [2.75, 3.05) is 30.4 Å². The van der Waals surface area contributed by atoms with E-state index in [1.54, 1.807) is 37.3 Å². The van der Waals surface area contributed by atoms with Crippen LogP contribution in [0.2, 0.25) is 5.02 Å². The Balaban J connectivity index is 1.59. The van der Waals surface area contributed by atoms with Crippen molar-refractivity contribution in [2.24, 2.45) is 0 Å². The van der Waals surface area contributed by atoms with Gasteiger partial charge in [0.15, 0.2) is 12.3 Å². The highest BCUT2D eigenvalue weighted by Crippen LogP contribution is 2.22. The number of hydrogen-bond donors (Lipinski definition) is 2.